The predicted molar refractivity (Wildman–Crippen MR) is 46.8 cm³/mol. The molecule has 1 aromatic heterocycles. The maximum Gasteiger partial charge on any atom is 0.330 e. The summed E-state index contributed by atoms with van der Waals surface area (Å²) in [4.78, 5) is 15.1. The topological polar surface area (TPSA) is 70.1 Å². The zero-order chi connectivity index (χ0) is 9.84. The Kier molecular flexibility index (Phi) is 3.02. The van der Waals surface area contributed by atoms with Crippen molar-refractivity contribution in [1.82, 2.24) is 9.55 Å². The van der Waals surface area contributed by atoms with Crippen LogP contribution in [0.4, 0.5) is 0 Å². The number of hydrogen-bond acceptors (Lipinski definition) is 4. The molecule has 1 rings (SSSR count). The van der Waals surface area contributed by atoms with E-state index in [-0.39, 0.29) is 0 Å². The summed E-state index contributed by atoms with van der Waals surface area (Å²) in [6.07, 6.45) is 3.32. The van der Waals surface area contributed by atoms with Crippen LogP contribution in [-0.4, -0.2) is 22.1 Å². The first-order valence-electron chi connectivity index (χ1n) is 4.06. The van der Waals surface area contributed by atoms with Gasteiger partial charge in [-0.15, -0.1) is 0 Å². The van der Waals surface area contributed by atoms with Gasteiger partial charge in [0.1, 0.15) is 5.82 Å². The molecule has 0 amide bonds. The molecule has 72 valence electrons. The van der Waals surface area contributed by atoms with Crippen molar-refractivity contribution in [3.63, 3.8) is 0 Å². The summed E-state index contributed by atoms with van der Waals surface area (Å²) in [7, 11) is 1.78. The molecule has 13 heavy (non-hydrogen) atoms. The largest absolute Gasteiger partial charge is 0.464 e. The number of aryl methyl sites for hydroxylation is 1. The number of hydrogen-bond donors (Lipinski definition) is 1. The van der Waals surface area contributed by atoms with Gasteiger partial charge in [0, 0.05) is 19.4 Å². The highest BCUT2D eigenvalue weighted by atomic mass is 16.5. The van der Waals surface area contributed by atoms with Gasteiger partial charge >= 0.3 is 5.97 Å². The van der Waals surface area contributed by atoms with Gasteiger partial charge in [0.25, 0.3) is 0 Å². The predicted octanol–water partition coefficient (Wildman–Crippen LogP) is -0.0170. The molecule has 5 nitrogen and oxygen atoms in total. The van der Waals surface area contributed by atoms with E-state index in [9.17, 15) is 4.79 Å². The quantitative estimate of drug-likeness (QED) is 0.669. The van der Waals surface area contributed by atoms with Crippen molar-refractivity contribution in [3.8, 4) is 0 Å². The lowest BCUT2D eigenvalue weighted by atomic mass is 10.3. The Morgan fingerprint density at radius 1 is 1.85 bits per heavy atom. The lowest BCUT2D eigenvalue weighted by Gasteiger charge is -2.09. The first-order chi connectivity index (χ1) is 6.16. The normalized spacial score (nSPS) is 12.5. The average Bonchev–Trinajstić information content (AvgIpc) is 2.50. The molecular formula is C8H13N3O2. The lowest BCUT2D eigenvalue weighted by Crippen LogP contribution is -2.26. The Hall–Kier alpha value is -1.36. The third-order valence-electron chi connectivity index (χ3n) is 1.68. The molecule has 5 heteroatoms. The molecule has 0 fully saturated rings. The van der Waals surface area contributed by atoms with Gasteiger partial charge in [-0.1, -0.05) is 0 Å². The molecule has 1 unspecified atom stereocenters. The number of aromatic nitrogens is 2. The van der Waals surface area contributed by atoms with Crippen LogP contribution in [-0.2, 0) is 16.6 Å². The minimum atomic E-state index is -0.792. The molecule has 0 bridgehead atoms. The summed E-state index contributed by atoms with van der Waals surface area (Å²) in [6, 6.07) is -0.792. The van der Waals surface area contributed by atoms with Crippen LogP contribution in [0.1, 0.15) is 18.8 Å². The number of imidazole rings is 1. The van der Waals surface area contributed by atoms with Gasteiger partial charge in [0.2, 0.25) is 0 Å². The van der Waals surface area contributed by atoms with Crippen LogP contribution in [0.3, 0.4) is 0 Å². The van der Waals surface area contributed by atoms with Gasteiger partial charge in [-0.05, 0) is 6.92 Å². The highest BCUT2D eigenvalue weighted by molar-refractivity contribution is 5.76. The fourth-order valence-electron chi connectivity index (χ4n) is 1.01. The van der Waals surface area contributed by atoms with Crippen LogP contribution >= 0.6 is 0 Å². The number of ether oxygens (including phenoxy) is 1. The molecule has 1 aromatic rings. The van der Waals surface area contributed by atoms with E-state index in [1.807, 2.05) is 0 Å². The Morgan fingerprint density at radius 3 is 3.00 bits per heavy atom. The second-order valence-electron chi connectivity index (χ2n) is 2.63. The zero-order valence-corrected chi connectivity index (χ0v) is 7.73. The second kappa shape index (κ2) is 4.04. The summed E-state index contributed by atoms with van der Waals surface area (Å²) >= 11 is 0. The van der Waals surface area contributed by atoms with E-state index in [1.54, 1.807) is 30.9 Å². The number of nitrogens with zero attached hydrogens (tertiary/aromatic N) is 2. The van der Waals surface area contributed by atoms with E-state index >= 15 is 0 Å². The molecule has 0 spiro atoms. The number of carbonyl (C=O) groups is 1. The van der Waals surface area contributed by atoms with Crippen molar-refractivity contribution < 1.29 is 9.53 Å². The fraction of sp³-hybridized carbons (Fsp3) is 0.500. The number of esters is 1. The summed E-state index contributed by atoms with van der Waals surface area (Å²) in [6.45, 7) is 2.07. The molecule has 0 saturated carbocycles. The Bertz CT molecular complexity index is 295. The first kappa shape index (κ1) is 9.73. The third-order valence-corrected chi connectivity index (χ3v) is 1.68. The van der Waals surface area contributed by atoms with E-state index in [0.29, 0.717) is 12.4 Å². The zero-order valence-electron chi connectivity index (χ0n) is 7.73. The van der Waals surface area contributed by atoms with Gasteiger partial charge in [-0.3, -0.25) is 0 Å². The Labute approximate surface area is 76.5 Å². The summed E-state index contributed by atoms with van der Waals surface area (Å²) < 4.78 is 6.46. The van der Waals surface area contributed by atoms with Crippen LogP contribution in [0, 0.1) is 0 Å². The number of carbonyl (C=O) groups excluding carboxylic acids is 1. The lowest BCUT2D eigenvalue weighted by molar-refractivity contribution is -0.145. The minimum Gasteiger partial charge on any atom is -0.464 e. The smallest absolute Gasteiger partial charge is 0.330 e. The van der Waals surface area contributed by atoms with E-state index < -0.39 is 12.0 Å². The number of rotatable bonds is 3. The molecule has 0 aliphatic heterocycles. The highest BCUT2D eigenvalue weighted by Gasteiger charge is 2.20. The Morgan fingerprint density at radius 2 is 2.54 bits per heavy atom. The fourth-order valence-corrected chi connectivity index (χ4v) is 1.01. The van der Waals surface area contributed by atoms with Crippen molar-refractivity contribution in [3.05, 3.63) is 18.2 Å². The van der Waals surface area contributed by atoms with Crippen LogP contribution in [0.15, 0.2) is 12.4 Å². The summed E-state index contributed by atoms with van der Waals surface area (Å²) in [5, 5.41) is 0. The van der Waals surface area contributed by atoms with Gasteiger partial charge in [-0.25, -0.2) is 9.78 Å². The van der Waals surface area contributed by atoms with Crippen molar-refractivity contribution in [2.45, 2.75) is 13.0 Å². The van der Waals surface area contributed by atoms with Crippen molar-refractivity contribution >= 4 is 5.97 Å². The molecule has 2 N–H and O–H groups in total. The van der Waals surface area contributed by atoms with E-state index in [4.69, 9.17) is 10.5 Å². The first-order valence-corrected chi connectivity index (χ1v) is 4.06. The van der Waals surface area contributed by atoms with Crippen molar-refractivity contribution in [1.29, 1.82) is 0 Å². The van der Waals surface area contributed by atoms with E-state index in [2.05, 4.69) is 4.98 Å². The molecule has 1 atom stereocenters. The standard InChI is InChI=1S/C8H13N3O2/c1-3-13-8(12)6(9)7-10-4-5-11(7)2/h4-6H,3,9H2,1-2H3. The van der Waals surface area contributed by atoms with Crippen LogP contribution < -0.4 is 5.73 Å². The number of nitrogens with two attached hydrogens (primary N) is 1. The third kappa shape index (κ3) is 2.06. The maximum absolute atomic E-state index is 11.2. The molecule has 1 heterocycles. The molecule has 0 radical (unpaired) electrons. The molecule has 0 aliphatic carbocycles. The van der Waals surface area contributed by atoms with Gasteiger partial charge in [0.05, 0.1) is 6.61 Å². The van der Waals surface area contributed by atoms with Crippen molar-refractivity contribution in [2.24, 2.45) is 12.8 Å². The SMILES string of the molecule is CCOC(=O)C(N)c1nccn1C. The summed E-state index contributed by atoms with van der Waals surface area (Å²) in [5.74, 6) is 0.0650. The second-order valence-corrected chi connectivity index (χ2v) is 2.63. The van der Waals surface area contributed by atoms with Crippen molar-refractivity contribution in [2.75, 3.05) is 6.61 Å². The van der Waals surface area contributed by atoms with E-state index in [0.717, 1.165) is 0 Å². The monoisotopic (exact) mass is 183 g/mol. The molecule has 0 aliphatic rings. The average molecular weight is 183 g/mol. The Balaban J connectivity index is 2.73. The molecule has 0 saturated heterocycles. The molecule has 0 aromatic carbocycles. The van der Waals surface area contributed by atoms with Crippen LogP contribution in [0.5, 0.6) is 0 Å². The minimum absolute atomic E-state index is 0.330. The van der Waals surface area contributed by atoms with Gasteiger partial charge < -0.3 is 15.0 Å². The summed E-state index contributed by atoms with van der Waals surface area (Å²) in [5.41, 5.74) is 5.61. The van der Waals surface area contributed by atoms with E-state index in [1.165, 1.54) is 0 Å². The highest BCUT2D eigenvalue weighted by Crippen LogP contribution is 2.07. The van der Waals surface area contributed by atoms with Gasteiger partial charge in [-0.2, -0.15) is 0 Å². The maximum atomic E-state index is 11.2. The van der Waals surface area contributed by atoms with Crippen LogP contribution in [0.2, 0.25) is 0 Å². The van der Waals surface area contributed by atoms with Gasteiger partial charge in [0.15, 0.2) is 6.04 Å². The van der Waals surface area contributed by atoms with Crippen LogP contribution in [0.25, 0.3) is 0 Å². The molecular weight excluding hydrogens is 170 g/mol.